The molecule has 1 aliphatic heterocycles. The summed E-state index contributed by atoms with van der Waals surface area (Å²) in [5.41, 5.74) is 2.00. The van der Waals surface area contributed by atoms with Crippen LogP contribution in [0.15, 0.2) is 88.7 Å². The lowest BCUT2D eigenvalue weighted by atomic mass is 9.94. The minimum absolute atomic E-state index is 0.0839. The van der Waals surface area contributed by atoms with E-state index >= 15 is 0 Å². The van der Waals surface area contributed by atoms with E-state index in [1.807, 2.05) is 18.2 Å². The molecule has 0 spiro atoms. The first-order valence-electron chi connectivity index (χ1n) is 10.1. The van der Waals surface area contributed by atoms with E-state index in [1.165, 1.54) is 18.4 Å². The molecule has 164 valence electrons. The fourth-order valence-electron chi connectivity index (χ4n) is 3.79. The van der Waals surface area contributed by atoms with Gasteiger partial charge in [0.25, 0.3) is 11.6 Å². The van der Waals surface area contributed by atoms with Crippen molar-refractivity contribution in [3.63, 3.8) is 0 Å². The van der Waals surface area contributed by atoms with Crippen molar-refractivity contribution in [1.82, 2.24) is 14.8 Å². The number of anilines is 2. The number of benzene rings is 2. The summed E-state index contributed by atoms with van der Waals surface area (Å²) < 4.78 is 6.97. The van der Waals surface area contributed by atoms with Gasteiger partial charge in [0.05, 0.1) is 16.8 Å². The normalized spacial score (nSPS) is 15.0. The molecule has 0 aliphatic carbocycles. The third kappa shape index (κ3) is 3.74. The molecule has 5 rings (SSSR count). The zero-order chi connectivity index (χ0) is 22.9. The summed E-state index contributed by atoms with van der Waals surface area (Å²) in [6.07, 6.45) is 1.52. The molecule has 10 heteroatoms. The summed E-state index contributed by atoms with van der Waals surface area (Å²) in [7, 11) is 0. The number of nitrogens with one attached hydrogen (secondary N) is 2. The molecule has 0 saturated carbocycles. The van der Waals surface area contributed by atoms with Crippen LogP contribution in [-0.4, -0.2) is 25.6 Å². The molecule has 4 aromatic rings. The first kappa shape index (κ1) is 20.2. The Morgan fingerprint density at radius 2 is 1.97 bits per heavy atom. The van der Waals surface area contributed by atoms with E-state index in [2.05, 4.69) is 20.7 Å². The van der Waals surface area contributed by atoms with Crippen LogP contribution in [0.4, 0.5) is 17.3 Å². The van der Waals surface area contributed by atoms with Gasteiger partial charge in [0.1, 0.15) is 6.04 Å². The van der Waals surface area contributed by atoms with Crippen LogP contribution in [0.5, 0.6) is 0 Å². The Bertz CT molecular complexity index is 1380. The predicted molar refractivity (Wildman–Crippen MR) is 120 cm³/mol. The van der Waals surface area contributed by atoms with Crippen molar-refractivity contribution in [1.29, 1.82) is 0 Å². The zero-order valence-corrected chi connectivity index (χ0v) is 17.4. The number of furan rings is 1. The summed E-state index contributed by atoms with van der Waals surface area (Å²) in [6, 6.07) is 17.9. The number of aromatic nitrogens is 3. The van der Waals surface area contributed by atoms with E-state index in [0.717, 1.165) is 0 Å². The molecule has 1 atom stereocenters. The van der Waals surface area contributed by atoms with Gasteiger partial charge in [-0.05, 0) is 36.8 Å². The number of fused-ring (bicyclic) bond motifs is 1. The number of nitro benzene ring substituents is 1. The second-order valence-electron chi connectivity index (χ2n) is 7.42. The molecule has 1 aliphatic rings. The lowest BCUT2D eigenvalue weighted by Crippen LogP contribution is -2.31. The van der Waals surface area contributed by atoms with Gasteiger partial charge in [-0.15, -0.1) is 5.10 Å². The van der Waals surface area contributed by atoms with Crippen LogP contribution >= 0.6 is 0 Å². The van der Waals surface area contributed by atoms with Gasteiger partial charge in [0, 0.05) is 23.5 Å². The monoisotopic (exact) mass is 442 g/mol. The highest BCUT2D eigenvalue weighted by Gasteiger charge is 2.35. The second-order valence-corrected chi connectivity index (χ2v) is 7.42. The summed E-state index contributed by atoms with van der Waals surface area (Å²) in [6.45, 7) is 1.76. The van der Waals surface area contributed by atoms with Crippen LogP contribution in [0, 0.1) is 10.1 Å². The molecule has 0 saturated heterocycles. The van der Waals surface area contributed by atoms with Crippen LogP contribution in [-0.2, 0) is 4.79 Å². The maximum absolute atomic E-state index is 13.4. The van der Waals surface area contributed by atoms with Crippen molar-refractivity contribution in [3.05, 3.63) is 99.9 Å². The number of carbonyl (C=O) groups excluding carboxylic acids is 1. The molecule has 0 fully saturated rings. The van der Waals surface area contributed by atoms with E-state index in [4.69, 9.17) is 4.42 Å². The summed E-state index contributed by atoms with van der Waals surface area (Å²) in [4.78, 5) is 28.9. The maximum atomic E-state index is 13.4. The van der Waals surface area contributed by atoms with E-state index in [9.17, 15) is 14.9 Å². The largest absolute Gasteiger partial charge is 0.461 e. The molecule has 3 heterocycles. The van der Waals surface area contributed by atoms with E-state index in [-0.39, 0.29) is 11.6 Å². The quantitative estimate of drug-likeness (QED) is 0.347. The van der Waals surface area contributed by atoms with Crippen LogP contribution in [0.25, 0.3) is 11.6 Å². The summed E-state index contributed by atoms with van der Waals surface area (Å²) >= 11 is 0. The number of carbonyl (C=O) groups is 1. The maximum Gasteiger partial charge on any atom is 0.269 e. The van der Waals surface area contributed by atoms with E-state index in [0.29, 0.717) is 40.1 Å². The van der Waals surface area contributed by atoms with Gasteiger partial charge in [-0.25, -0.2) is 4.68 Å². The Morgan fingerprint density at radius 1 is 1.15 bits per heavy atom. The fraction of sp³-hybridized carbons (Fsp3) is 0.0870. The average molecular weight is 442 g/mol. The molecule has 2 aromatic carbocycles. The first-order valence-corrected chi connectivity index (χ1v) is 10.1. The van der Waals surface area contributed by atoms with Gasteiger partial charge < -0.3 is 15.1 Å². The predicted octanol–water partition coefficient (Wildman–Crippen LogP) is 4.37. The van der Waals surface area contributed by atoms with Gasteiger partial charge in [0.2, 0.25) is 11.8 Å². The highest BCUT2D eigenvalue weighted by Crippen LogP contribution is 2.37. The standard InChI is InChI=1S/C23H18N6O4/c1-14-19(22(30)25-16-8-3-2-4-9-16)20(15-7-5-10-17(13-15)29(31)32)28-23(24-14)26-21(27-28)18-11-6-12-33-18/h2-13,20H,1H3,(H,25,30)(H,24,26,27). The molecule has 1 amide bonds. The lowest BCUT2D eigenvalue weighted by Gasteiger charge is -2.28. The third-order valence-corrected chi connectivity index (χ3v) is 5.27. The number of hydrogen-bond donors (Lipinski definition) is 2. The average Bonchev–Trinajstić information content (AvgIpc) is 3.48. The third-order valence-electron chi connectivity index (χ3n) is 5.27. The van der Waals surface area contributed by atoms with Crippen LogP contribution in [0.2, 0.25) is 0 Å². The Kier molecular flexibility index (Phi) is 4.94. The van der Waals surface area contributed by atoms with Crippen molar-refractivity contribution in [2.75, 3.05) is 10.6 Å². The van der Waals surface area contributed by atoms with Gasteiger partial charge in [0.15, 0.2) is 5.76 Å². The Morgan fingerprint density at radius 3 is 2.70 bits per heavy atom. The number of amides is 1. The molecule has 1 unspecified atom stereocenters. The van der Waals surface area contributed by atoms with Crippen LogP contribution in [0.3, 0.4) is 0 Å². The van der Waals surface area contributed by atoms with Crippen molar-refractivity contribution in [2.45, 2.75) is 13.0 Å². The van der Waals surface area contributed by atoms with Crippen LogP contribution in [0.1, 0.15) is 18.5 Å². The lowest BCUT2D eigenvalue weighted by molar-refractivity contribution is -0.384. The summed E-state index contributed by atoms with van der Waals surface area (Å²) in [5.74, 6) is 0.829. The highest BCUT2D eigenvalue weighted by molar-refractivity contribution is 6.06. The number of rotatable bonds is 5. The number of nitro groups is 1. The topological polar surface area (TPSA) is 128 Å². The van der Waals surface area contributed by atoms with Crippen LogP contribution < -0.4 is 10.6 Å². The number of non-ortho nitro benzene ring substituents is 1. The first-order chi connectivity index (χ1) is 16.0. The molecule has 2 aromatic heterocycles. The second kappa shape index (κ2) is 8.08. The molecular formula is C23H18N6O4. The van der Waals surface area contributed by atoms with Gasteiger partial charge in [-0.2, -0.15) is 4.98 Å². The Hall–Kier alpha value is -4.73. The SMILES string of the molecule is CC1=C(C(=O)Nc2ccccc2)C(c2cccc([N+](=O)[O-])c2)n2nc(-c3ccco3)nc2N1. The molecule has 10 nitrogen and oxygen atoms in total. The number of allylic oxidation sites excluding steroid dienone is 1. The smallest absolute Gasteiger partial charge is 0.269 e. The molecular weight excluding hydrogens is 424 g/mol. The molecule has 2 N–H and O–H groups in total. The van der Waals surface area contributed by atoms with Crippen molar-refractivity contribution in [3.8, 4) is 11.6 Å². The number of nitrogens with zero attached hydrogens (tertiary/aromatic N) is 4. The van der Waals surface area contributed by atoms with Crippen molar-refractivity contribution in [2.24, 2.45) is 0 Å². The minimum atomic E-state index is -0.749. The number of hydrogen-bond acceptors (Lipinski definition) is 7. The van der Waals surface area contributed by atoms with Gasteiger partial charge >= 0.3 is 0 Å². The number of para-hydroxylation sites is 1. The van der Waals surface area contributed by atoms with Gasteiger partial charge in [-0.1, -0.05) is 30.3 Å². The Labute approximate surface area is 187 Å². The van der Waals surface area contributed by atoms with Crippen molar-refractivity contribution < 1.29 is 14.1 Å². The van der Waals surface area contributed by atoms with E-state index in [1.54, 1.807) is 48.0 Å². The Balaban J connectivity index is 1.63. The molecule has 0 radical (unpaired) electrons. The zero-order valence-electron chi connectivity index (χ0n) is 17.4. The van der Waals surface area contributed by atoms with E-state index < -0.39 is 11.0 Å². The fourth-order valence-corrected chi connectivity index (χ4v) is 3.79. The summed E-state index contributed by atoms with van der Waals surface area (Å²) in [5, 5.41) is 22.0. The minimum Gasteiger partial charge on any atom is -0.461 e. The molecule has 0 bridgehead atoms. The van der Waals surface area contributed by atoms with Gasteiger partial charge in [-0.3, -0.25) is 14.9 Å². The highest BCUT2D eigenvalue weighted by atomic mass is 16.6. The molecule has 33 heavy (non-hydrogen) atoms. The van der Waals surface area contributed by atoms with Crippen molar-refractivity contribution >= 4 is 23.2 Å².